The highest BCUT2D eigenvalue weighted by atomic mass is 35.5. The molecule has 0 radical (unpaired) electrons. The molecule has 4 rings (SSSR count). The number of aromatic nitrogens is 1. The summed E-state index contributed by atoms with van der Waals surface area (Å²) in [6.45, 7) is -1.36. The fraction of sp³-hybridized carbons (Fsp3) is 0.360. The summed E-state index contributed by atoms with van der Waals surface area (Å²) in [6, 6.07) is 7.56. The van der Waals surface area contributed by atoms with E-state index in [4.69, 9.17) is 23.2 Å². The minimum absolute atomic E-state index is 0.0118. The Morgan fingerprint density at radius 2 is 1.77 bits per heavy atom. The Hall–Kier alpha value is -1.97. The van der Waals surface area contributed by atoms with E-state index in [1.165, 1.54) is 44.8 Å². The molecule has 2 aliphatic heterocycles. The predicted octanol–water partition coefficient (Wildman–Crippen LogP) is 1.58. The summed E-state index contributed by atoms with van der Waals surface area (Å²) < 4.78 is 1.52. The van der Waals surface area contributed by atoms with Gasteiger partial charge in [-0.25, -0.2) is 4.79 Å². The van der Waals surface area contributed by atoms with E-state index in [9.17, 15) is 34.8 Å². The van der Waals surface area contributed by atoms with Crippen molar-refractivity contribution in [3.8, 4) is 0 Å². The van der Waals surface area contributed by atoms with Gasteiger partial charge < -0.3 is 25.7 Å². The topological polar surface area (TPSA) is 151 Å². The van der Waals surface area contributed by atoms with Crippen molar-refractivity contribution in [2.24, 2.45) is 0 Å². The van der Waals surface area contributed by atoms with Crippen LogP contribution in [0.25, 0.3) is 0 Å². The SMILES string of the molecule is O=C(CSc1cc(Cl)ccc1Cl)N[C@H]1C(=O)N2C(C(=O)O)=C(CSc3cc[n+](C(CO)(CO)CO)cc3)CS[C@H]12. The lowest BCUT2D eigenvalue weighted by Gasteiger charge is -2.49. The Balaban J connectivity index is 1.38. The molecule has 2 atom stereocenters. The quantitative estimate of drug-likeness (QED) is 0.131. The van der Waals surface area contributed by atoms with Gasteiger partial charge in [-0.2, -0.15) is 4.57 Å². The number of carbonyl (C=O) groups is 3. The van der Waals surface area contributed by atoms with Gasteiger partial charge in [0, 0.05) is 38.5 Å². The van der Waals surface area contributed by atoms with Crippen LogP contribution in [-0.2, 0) is 19.9 Å². The number of carboxylic acid groups (broad SMARTS) is 1. The molecule has 0 saturated carbocycles. The van der Waals surface area contributed by atoms with Gasteiger partial charge in [0.2, 0.25) is 11.4 Å². The number of pyridine rings is 1. The number of amides is 2. The first-order valence-electron chi connectivity index (χ1n) is 11.9. The van der Waals surface area contributed by atoms with E-state index in [1.807, 2.05) is 0 Å². The van der Waals surface area contributed by atoms with Gasteiger partial charge in [-0.05, 0) is 23.8 Å². The van der Waals surface area contributed by atoms with Gasteiger partial charge in [0.25, 0.3) is 5.91 Å². The third-order valence-electron chi connectivity index (χ3n) is 6.46. The standard InChI is InChI=1S/C25H25Cl2N3O7S3/c26-15-1-2-17(27)18(7-15)39-10-19(34)28-20-22(35)30-21(24(36)37)14(9-40-23(20)30)8-38-16-3-5-29(6-4-16)25(11-31,12-32)13-33/h1-7,20,23,31-33H,8-13H2,(H-,28,34,36,37)/p+1/t20-,23+/m0/s1. The van der Waals surface area contributed by atoms with Crippen molar-refractivity contribution in [1.82, 2.24) is 10.2 Å². The van der Waals surface area contributed by atoms with Gasteiger partial charge in [0.05, 0.1) is 10.8 Å². The van der Waals surface area contributed by atoms with Crippen molar-refractivity contribution in [1.29, 1.82) is 0 Å². The predicted molar refractivity (Wildman–Crippen MR) is 153 cm³/mol. The minimum Gasteiger partial charge on any atom is -0.477 e. The Morgan fingerprint density at radius 3 is 2.40 bits per heavy atom. The summed E-state index contributed by atoms with van der Waals surface area (Å²) in [4.78, 5) is 40.3. The molecule has 15 heteroatoms. The van der Waals surface area contributed by atoms with E-state index in [0.29, 0.717) is 32.0 Å². The number of rotatable bonds is 12. The summed E-state index contributed by atoms with van der Waals surface area (Å²) in [5.41, 5.74) is -0.727. The average Bonchev–Trinajstić information content (AvgIpc) is 2.96. The number of carbonyl (C=O) groups excluding carboxylic acids is 2. The van der Waals surface area contributed by atoms with E-state index in [2.05, 4.69) is 5.32 Å². The first kappa shape index (κ1) is 31.0. The van der Waals surface area contributed by atoms with Crippen LogP contribution in [-0.4, -0.2) is 91.6 Å². The minimum atomic E-state index is -1.23. The van der Waals surface area contributed by atoms with E-state index in [-0.39, 0.29) is 17.4 Å². The van der Waals surface area contributed by atoms with Crippen LogP contribution in [0.2, 0.25) is 10.0 Å². The zero-order valence-corrected chi connectivity index (χ0v) is 24.8. The maximum atomic E-state index is 12.9. The number of aliphatic carboxylic acids is 1. The third kappa shape index (κ3) is 6.41. The Kier molecular flexibility index (Phi) is 10.3. The maximum absolute atomic E-state index is 12.9. The van der Waals surface area contributed by atoms with Crippen LogP contribution in [0, 0.1) is 0 Å². The molecule has 2 aromatic rings. The molecule has 1 aromatic carbocycles. The fourth-order valence-corrected chi connectivity index (χ4v) is 7.80. The number of carboxylic acids is 1. The van der Waals surface area contributed by atoms with Gasteiger partial charge in [-0.15, -0.1) is 35.3 Å². The Morgan fingerprint density at radius 1 is 1.10 bits per heavy atom. The summed E-state index contributed by atoms with van der Waals surface area (Å²) in [6.07, 6.45) is 3.24. The first-order valence-corrected chi connectivity index (χ1v) is 15.7. The van der Waals surface area contributed by atoms with Gasteiger partial charge in [-0.1, -0.05) is 23.2 Å². The molecule has 5 N–H and O–H groups in total. The van der Waals surface area contributed by atoms with Crippen molar-refractivity contribution in [2.75, 3.05) is 37.1 Å². The molecule has 2 amide bonds. The van der Waals surface area contributed by atoms with E-state index >= 15 is 0 Å². The molecule has 10 nitrogen and oxygen atoms in total. The number of halogens is 2. The van der Waals surface area contributed by atoms with E-state index in [0.717, 1.165) is 4.90 Å². The van der Waals surface area contributed by atoms with Crippen molar-refractivity contribution >= 4 is 76.3 Å². The van der Waals surface area contributed by atoms with Gasteiger partial charge in [-0.3, -0.25) is 14.5 Å². The maximum Gasteiger partial charge on any atom is 0.352 e. The summed E-state index contributed by atoms with van der Waals surface area (Å²) in [5, 5.41) is 41.9. The monoisotopic (exact) mass is 646 g/mol. The van der Waals surface area contributed by atoms with E-state index in [1.54, 1.807) is 42.7 Å². The highest BCUT2D eigenvalue weighted by molar-refractivity contribution is 8.01. The molecular formula is C25H26Cl2N3O7S3+. The number of hydrogen-bond donors (Lipinski definition) is 5. The zero-order chi connectivity index (χ0) is 29.0. The number of aliphatic hydroxyl groups excluding tert-OH is 3. The van der Waals surface area contributed by atoms with Gasteiger partial charge >= 0.3 is 5.97 Å². The van der Waals surface area contributed by atoms with Gasteiger partial charge in [0.1, 0.15) is 36.9 Å². The number of nitrogens with zero attached hydrogens (tertiary/aromatic N) is 2. The lowest BCUT2D eigenvalue weighted by atomic mass is 10.0. The van der Waals surface area contributed by atoms with Crippen molar-refractivity contribution in [3.05, 3.63) is 64.0 Å². The molecular weight excluding hydrogens is 621 g/mol. The fourth-order valence-electron chi connectivity index (χ4n) is 4.13. The molecule has 1 aromatic heterocycles. The Bertz CT molecular complexity index is 1320. The van der Waals surface area contributed by atoms with Crippen LogP contribution in [0.4, 0.5) is 0 Å². The first-order chi connectivity index (χ1) is 19.1. The molecule has 3 heterocycles. The number of thioether (sulfide) groups is 3. The zero-order valence-electron chi connectivity index (χ0n) is 20.8. The number of nitrogens with one attached hydrogen (secondary N) is 1. The molecule has 0 bridgehead atoms. The van der Waals surface area contributed by atoms with Crippen LogP contribution in [0.1, 0.15) is 0 Å². The van der Waals surface area contributed by atoms with Crippen LogP contribution in [0.3, 0.4) is 0 Å². The van der Waals surface area contributed by atoms with Gasteiger partial charge in [0.15, 0.2) is 12.4 Å². The van der Waals surface area contributed by atoms with E-state index < -0.39 is 48.7 Å². The van der Waals surface area contributed by atoms with Crippen LogP contribution < -0.4 is 9.88 Å². The number of benzene rings is 1. The Labute approximate surface area is 252 Å². The lowest BCUT2D eigenvalue weighted by molar-refractivity contribution is -0.770. The second-order valence-electron chi connectivity index (χ2n) is 9.00. The summed E-state index contributed by atoms with van der Waals surface area (Å²) >= 11 is 16.1. The van der Waals surface area contributed by atoms with Crippen LogP contribution >= 0.6 is 58.5 Å². The number of hydrogen-bond acceptors (Lipinski definition) is 9. The smallest absolute Gasteiger partial charge is 0.352 e. The van der Waals surface area contributed by atoms with Crippen LogP contribution in [0.5, 0.6) is 0 Å². The highest BCUT2D eigenvalue weighted by Gasteiger charge is 2.54. The van der Waals surface area contributed by atoms with Crippen molar-refractivity contribution in [3.63, 3.8) is 0 Å². The third-order valence-corrected chi connectivity index (χ3v) is 10.6. The molecule has 0 aliphatic carbocycles. The summed E-state index contributed by atoms with van der Waals surface area (Å²) in [7, 11) is 0. The molecule has 1 saturated heterocycles. The largest absolute Gasteiger partial charge is 0.477 e. The normalized spacial score (nSPS) is 18.8. The van der Waals surface area contributed by atoms with Crippen LogP contribution in [0.15, 0.2) is 63.8 Å². The van der Waals surface area contributed by atoms with Crippen molar-refractivity contribution in [2.45, 2.75) is 26.7 Å². The number of fused-ring (bicyclic) bond motifs is 1. The number of aliphatic hydroxyl groups is 3. The molecule has 2 aliphatic rings. The second kappa shape index (κ2) is 13.3. The molecule has 1 fully saturated rings. The number of β-lactam (4-membered cyclic amide) rings is 1. The average molecular weight is 648 g/mol. The second-order valence-corrected chi connectivity index (χ2v) is 13.0. The highest BCUT2D eigenvalue weighted by Crippen LogP contribution is 2.41. The van der Waals surface area contributed by atoms with Crippen molar-refractivity contribution < 1.29 is 39.4 Å². The molecule has 0 unspecified atom stereocenters. The molecule has 40 heavy (non-hydrogen) atoms. The molecule has 0 spiro atoms. The lowest BCUT2D eigenvalue weighted by Crippen LogP contribution is -2.70. The summed E-state index contributed by atoms with van der Waals surface area (Å²) in [5.74, 6) is -1.37. The molecule has 214 valence electrons.